The average molecular weight is 365 g/mol. The van der Waals surface area contributed by atoms with E-state index in [2.05, 4.69) is 15.6 Å². The predicted molar refractivity (Wildman–Crippen MR) is 105 cm³/mol. The molecule has 3 aromatic rings. The molecule has 2 N–H and O–H groups in total. The molecule has 0 saturated heterocycles. The number of amides is 2. The third-order valence-electron chi connectivity index (χ3n) is 3.97. The molecule has 2 aromatic heterocycles. The first-order valence-electron chi connectivity index (χ1n) is 8.14. The zero-order chi connectivity index (χ0) is 18.7. The van der Waals surface area contributed by atoms with E-state index in [1.807, 2.05) is 39.0 Å². The van der Waals surface area contributed by atoms with Gasteiger partial charge >= 0.3 is 0 Å². The molecule has 0 saturated carbocycles. The Labute approximate surface area is 156 Å². The summed E-state index contributed by atoms with van der Waals surface area (Å²) in [6, 6.07) is 10.6. The quantitative estimate of drug-likeness (QED) is 0.711. The molecule has 26 heavy (non-hydrogen) atoms. The van der Waals surface area contributed by atoms with Gasteiger partial charge in [-0.25, -0.2) is 0 Å². The van der Waals surface area contributed by atoms with E-state index in [4.69, 9.17) is 0 Å². The minimum atomic E-state index is -0.219. The lowest BCUT2D eigenvalue weighted by molar-refractivity contribution is 0.101. The largest absolute Gasteiger partial charge is 0.322 e. The SMILES string of the molecule is Cc1cc(C(=O)Nc2ccc(C)c(NC(=O)c3ccncc3)c2)c(C)s1. The van der Waals surface area contributed by atoms with Gasteiger partial charge < -0.3 is 10.6 Å². The Morgan fingerprint density at radius 3 is 2.31 bits per heavy atom. The molecule has 0 aliphatic carbocycles. The van der Waals surface area contributed by atoms with E-state index in [1.54, 1.807) is 41.9 Å². The Morgan fingerprint density at radius 2 is 1.65 bits per heavy atom. The van der Waals surface area contributed by atoms with E-state index in [0.717, 1.165) is 15.3 Å². The summed E-state index contributed by atoms with van der Waals surface area (Å²) in [5, 5.41) is 5.78. The Balaban J connectivity index is 1.78. The van der Waals surface area contributed by atoms with Gasteiger partial charge in [-0.05, 0) is 56.7 Å². The summed E-state index contributed by atoms with van der Waals surface area (Å²) in [7, 11) is 0. The fraction of sp³-hybridized carbons (Fsp3) is 0.150. The van der Waals surface area contributed by atoms with Crippen molar-refractivity contribution in [1.29, 1.82) is 0 Å². The van der Waals surface area contributed by atoms with Gasteiger partial charge in [-0.15, -0.1) is 11.3 Å². The van der Waals surface area contributed by atoms with Gasteiger partial charge in [0.1, 0.15) is 0 Å². The molecular weight excluding hydrogens is 346 g/mol. The maximum atomic E-state index is 12.5. The van der Waals surface area contributed by atoms with Gasteiger partial charge in [0.15, 0.2) is 0 Å². The van der Waals surface area contributed by atoms with Crippen LogP contribution in [0.5, 0.6) is 0 Å². The van der Waals surface area contributed by atoms with E-state index in [9.17, 15) is 9.59 Å². The number of benzene rings is 1. The molecule has 0 unspecified atom stereocenters. The number of hydrogen-bond donors (Lipinski definition) is 2. The molecular formula is C20H19N3O2S. The monoisotopic (exact) mass is 365 g/mol. The highest BCUT2D eigenvalue weighted by molar-refractivity contribution is 7.12. The molecule has 0 aliphatic heterocycles. The smallest absolute Gasteiger partial charge is 0.256 e. The van der Waals surface area contributed by atoms with Crippen molar-refractivity contribution >= 4 is 34.5 Å². The lowest BCUT2D eigenvalue weighted by Gasteiger charge is -2.11. The van der Waals surface area contributed by atoms with Crippen LogP contribution in [0.2, 0.25) is 0 Å². The summed E-state index contributed by atoms with van der Waals surface area (Å²) in [4.78, 5) is 30.8. The molecule has 0 atom stereocenters. The maximum absolute atomic E-state index is 12.5. The van der Waals surface area contributed by atoms with Crippen molar-refractivity contribution in [2.45, 2.75) is 20.8 Å². The van der Waals surface area contributed by atoms with Crippen LogP contribution in [0.1, 0.15) is 36.0 Å². The normalized spacial score (nSPS) is 10.4. The number of anilines is 2. The third kappa shape index (κ3) is 3.97. The summed E-state index contributed by atoms with van der Waals surface area (Å²) in [6.45, 7) is 5.81. The van der Waals surface area contributed by atoms with Crippen LogP contribution in [-0.4, -0.2) is 16.8 Å². The molecule has 132 valence electrons. The van der Waals surface area contributed by atoms with Gasteiger partial charge in [0.2, 0.25) is 0 Å². The molecule has 2 heterocycles. The zero-order valence-electron chi connectivity index (χ0n) is 14.8. The standard InChI is InChI=1S/C20H19N3O2S/c1-12-4-5-16(22-20(25)17-10-13(2)26-14(17)3)11-18(12)23-19(24)15-6-8-21-9-7-15/h4-11H,1-3H3,(H,22,25)(H,23,24). The first-order chi connectivity index (χ1) is 12.4. The number of aryl methyl sites for hydroxylation is 3. The predicted octanol–water partition coefficient (Wildman–Crippen LogP) is 4.57. The summed E-state index contributed by atoms with van der Waals surface area (Å²) in [5.74, 6) is -0.370. The van der Waals surface area contributed by atoms with Crippen molar-refractivity contribution in [2.75, 3.05) is 10.6 Å². The van der Waals surface area contributed by atoms with Crippen molar-refractivity contribution in [3.05, 3.63) is 75.2 Å². The van der Waals surface area contributed by atoms with Gasteiger partial charge in [-0.2, -0.15) is 0 Å². The van der Waals surface area contributed by atoms with Crippen molar-refractivity contribution in [1.82, 2.24) is 4.98 Å². The van der Waals surface area contributed by atoms with Gasteiger partial charge in [0.25, 0.3) is 11.8 Å². The fourth-order valence-corrected chi connectivity index (χ4v) is 3.51. The number of thiophene rings is 1. The Hall–Kier alpha value is -2.99. The van der Waals surface area contributed by atoms with Crippen LogP contribution in [0.15, 0.2) is 48.8 Å². The molecule has 2 amide bonds. The minimum Gasteiger partial charge on any atom is -0.322 e. The third-order valence-corrected chi connectivity index (χ3v) is 4.94. The van der Waals surface area contributed by atoms with Crippen LogP contribution in [0, 0.1) is 20.8 Å². The van der Waals surface area contributed by atoms with Gasteiger partial charge in [-0.1, -0.05) is 6.07 Å². The van der Waals surface area contributed by atoms with E-state index in [0.29, 0.717) is 22.5 Å². The van der Waals surface area contributed by atoms with E-state index in [-0.39, 0.29) is 11.8 Å². The Kier molecular flexibility index (Phi) is 5.14. The highest BCUT2D eigenvalue weighted by atomic mass is 32.1. The summed E-state index contributed by atoms with van der Waals surface area (Å²) in [5.41, 5.74) is 3.40. The summed E-state index contributed by atoms with van der Waals surface area (Å²) >= 11 is 1.60. The molecule has 0 spiro atoms. The van der Waals surface area contributed by atoms with Crippen molar-refractivity contribution in [3.63, 3.8) is 0 Å². The van der Waals surface area contributed by atoms with Crippen LogP contribution in [0.3, 0.4) is 0 Å². The van der Waals surface area contributed by atoms with Crippen molar-refractivity contribution < 1.29 is 9.59 Å². The zero-order valence-corrected chi connectivity index (χ0v) is 15.6. The summed E-state index contributed by atoms with van der Waals surface area (Å²) in [6.07, 6.45) is 3.15. The number of hydrogen-bond acceptors (Lipinski definition) is 4. The van der Waals surface area contributed by atoms with E-state index in [1.165, 1.54) is 0 Å². The number of rotatable bonds is 4. The number of aromatic nitrogens is 1. The first-order valence-corrected chi connectivity index (χ1v) is 8.96. The second-order valence-electron chi connectivity index (χ2n) is 6.00. The Bertz CT molecular complexity index is 964. The van der Waals surface area contributed by atoms with Crippen LogP contribution in [0.25, 0.3) is 0 Å². The molecule has 5 nitrogen and oxygen atoms in total. The van der Waals surface area contributed by atoms with Gasteiger partial charge in [-0.3, -0.25) is 14.6 Å². The molecule has 0 bridgehead atoms. The highest BCUT2D eigenvalue weighted by Gasteiger charge is 2.13. The second kappa shape index (κ2) is 7.49. The number of carbonyl (C=O) groups is 2. The molecule has 6 heteroatoms. The molecule has 1 aromatic carbocycles. The number of nitrogens with zero attached hydrogens (tertiary/aromatic N) is 1. The minimum absolute atomic E-state index is 0.151. The molecule has 3 rings (SSSR count). The lowest BCUT2D eigenvalue weighted by atomic mass is 10.1. The van der Waals surface area contributed by atoms with Crippen LogP contribution < -0.4 is 10.6 Å². The second-order valence-corrected chi connectivity index (χ2v) is 7.46. The average Bonchev–Trinajstić information content (AvgIpc) is 2.97. The summed E-state index contributed by atoms with van der Waals surface area (Å²) < 4.78 is 0. The topological polar surface area (TPSA) is 71.1 Å². The van der Waals surface area contributed by atoms with E-state index < -0.39 is 0 Å². The number of pyridine rings is 1. The first kappa shape index (κ1) is 17.8. The fourth-order valence-electron chi connectivity index (χ4n) is 2.59. The van der Waals surface area contributed by atoms with Crippen molar-refractivity contribution in [2.24, 2.45) is 0 Å². The molecule has 0 aliphatic rings. The van der Waals surface area contributed by atoms with Gasteiger partial charge in [0.05, 0.1) is 5.56 Å². The highest BCUT2D eigenvalue weighted by Crippen LogP contribution is 2.24. The van der Waals surface area contributed by atoms with Gasteiger partial charge in [0, 0.05) is 39.1 Å². The number of carbonyl (C=O) groups excluding carboxylic acids is 2. The molecule has 0 fully saturated rings. The maximum Gasteiger partial charge on any atom is 0.256 e. The molecule has 0 radical (unpaired) electrons. The number of nitrogens with one attached hydrogen (secondary N) is 2. The van der Waals surface area contributed by atoms with Crippen LogP contribution in [-0.2, 0) is 0 Å². The van der Waals surface area contributed by atoms with E-state index >= 15 is 0 Å². The Morgan fingerprint density at radius 1 is 0.923 bits per heavy atom. The van der Waals surface area contributed by atoms with Crippen LogP contribution >= 0.6 is 11.3 Å². The lowest BCUT2D eigenvalue weighted by Crippen LogP contribution is -2.15. The van der Waals surface area contributed by atoms with Crippen LogP contribution in [0.4, 0.5) is 11.4 Å². The van der Waals surface area contributed by atoms with Crippen molar-refractivity contribution in [3.8, 4) is 0 Å².